The second-order valence-corrected chi connectivity index (χ2v) is 3.88. The molecular weight excluding hydrogens is 246 g/mol. The predicted molar refractivity (Wildman–Crippen MR) is 59.8 cm³/mol. The van der Waals surface area contributed by atoms with E-state index in [1.165, 1.54) is 0 Å². The maximum Gasteiger partial charge on any atom is 0.174 e. The molecule has 0 aromatic heterocycles. The monoisotopic (exact) mass is 259 g/mol. The highest BCUT2D eigenvalue weighted by molar-refractivity contribution is 9.10. The number of ether oxygens (including phenoxy) is 2. The lowest BCUT2D eigenvalue weighted by molar-refractivity contribution is 0.352. The predicted octanol–water partition coefficient (Wildman–Crippen LogP) is 2.49. The molecule has 0 aliphatic carbocycles. The average molecular weight is 260 g/mol. The summed E-state index contributed by atoms with van der Waals surface area (Å²) in [7, 11) is 3.21. The fraction of sp³-hybridized carbons (Fsp3) is 0.400. The number of hydrogen-bond acceptors (Lipinski definition) is 3. The van der Waals surface area contributed by atoms with Gasteiger partial charge in [0.25, 0.3) is 0 Å². The first-order chi connectivity index (χ1) is 6.60. The van der Waals surface area contributed by atoms with Gasteiger partial charge in [-0.15, -0.1) is 0 Å². The van der Waals surface area contributed by atoms with Crippen LogP contribution in [0.2, 0.25) is 0 Å². The third-order valence-corrected chi connectivity index (χ3v) is 2.57. The molecule has 1 aromatic carbocycles. The highest BCUT2D eigenvalue weighted by Crippen LogP contribution is 2.37. The van der Waals surface area contributed by atoms with Crippen molar-refractivity contribution in [3.63, 3.8) is 0 Å². The van der Waals surface area contributed by atoms with Crippen LogP contribution in [0.15, 0.2) is 16.6 Å². The first-order valence-electron chi connectivity index (χ1n) is 4.27. The number of rotatable bonds is 3. The molecule has 1 rings (SSSR count). The van der Waals surface area contributed by atoms with Gasteiger partial charge in [-0.2, -0.15) is 0 Å². The van der Waals surface area contributed by atoms with E-state index in [9.17, 15) is 0 Å². The van der Waals surface area contributed by atoms with Crippen LogP contribution in [0.3, 0.4) is 0 Å². The lowest BCUT2D eigenvalue weighted by Crippen LogP contribution is -2.05. The molecule has 0 radical (unpaired) electrons. The van der Waals surface area contributed by atoms with Crippen LogP contribution < -0.4 is 15.2 Å². The third kappa shape index (κ3) is 2.19. The number of hydrogen-bond donors (Lipinski definition) is 1. The summed E-state index contributed by atoms with van der Waals surface area (Å²) >= 11 is 3.41. The van der Waals surface area contributed by atoms with Crippen LogP contribution in [0.5, 0.6) is 11.5 Å². The van der Waals surface area contributed by atoms with Crippen LogP contribution in [0.4, 0.5) is 0 Å². The summed E-state index contributed by atoms with van der Waals surface area (Å²) in [5.41, 5.74) is 6.79. The summed E-state index contributed by atoms with van der Waals surface area (Å²) in [4.78, 5) is 0. The van der Waals surface area contributed by atoms with Crippen molar-refractivity contribution in [1.82, 2.24) is 0 Å². The lowest BCUT2D eigenvalue weighted by atomic mass is 10.1. The molecule has 0 aliphatic heterocycles. The standard InChI is InChI=1S/C10H14BrNO2/c1-6(12)7-4-8(11)10(14-3)9(5-7)13-2/h4-6H,12H2,1-3H3/t6-/m0/s1. The minimum absolute atomic E-state index is 0.0221. The number of halogens is 1. The number of benzene rings is 1. The quantitative estimate of drug-likeness (QED) is 0.908. The van der Waals surface area contributed by atoms with Gasteiger partial charge in [-0.25, -0.2) is 0 Å². The van der Waals surface area contributed by atoms with Gasteiger partial charge in [0, 0.05) is 6.04 Å². The van der Waals surface area contributed by atoms with Gasteiger partial charge in [-0.1, -0.05) is 0 Å². The summed E-state index contributed by atoms with van der Waals surface area (Å²) in [6, 6.07) is 3.80. The van der Waals surface area contributed by atoms with E-state index >= 15 is 0 Å². The Morgan fingerprint density at radius 2 is 1.93 bits per heavy atom. The summed E-state index contributed by atoms with van der Waals surface area (Å²) in [5, 5.41) is 0. The van der Waals surface area contributed by atoms with Gasteiger partial charge in [0.05, 0.1) is 18.7 Å². The van der Waals surface area contributed by atoms with Gasteiger partial charge in [-0.3, -0.25) is 0 Å². The Labute approximate surface area is 92.3 Å². The van der Waals surface area contributed by atoms with Crippen molar-refractivity contribution in [3.8, 4) is 11.5 Å². The molecule has 0 saturated carbocycles. The average Bonchev–Trinajstić information content (AvgIpc) is 2.16. The minimum Gasteiger partial charge on any atom is -0.493 e. The Morgan fingerprint density at radius 3 is 2.36 bits per heavy atom. The molecule has 4 heteroatoms. The van der Waals surface area contributed by atoms with Gasteiger partial charge in [0.1, 0.15) is 0 Å². The van der Waals surface area contributed by atoms with Crippen molar-refractivity contribution < 1.29 is 9.47 Å². The van der Waals surface area contributed by atoms with E-state index in [4.69, 9.17) is 15.2 Å². The topological polar surface area (TPSA) is 44.5 Å². The second kappa shape index (κ2) is 4.66. The molecule has 0 unspecified atom stereocenters. The zero-order chi connectivity index (χ0) is 10.7. The first-order valence-corrected chi connectivity index (χ1v) is 5.06. The van der Waals surface area contributed by atoms with Gasteiger partial charge in [-0.05, 0) is 40.5 Å². The smallest absolute Gasteiger partial charge is 0.174 e. The second-order valence-electron chi connectivity index (χ2n) is 3.03. The van der Waals surface area contributed by atoms with Crippen LogP contribution in [0, 0.1) is 0 Å². The minimum atomic E-state index is -0.0221. The molecule has 0 saturated heterocycles. The molecule has 0 fully saturated rings. The normalized spacial score (nSPS) is 12.4. The highest BCUT2D eigenvalue weighted by atomic mass is 79.9. The Morgan fingerprint density at radius 1 is 1.29 bits per heavy atom. The summed E-state index contributed by atoms with van der Waals surface area (Å²) < 4.78 is 11.2. The van der Waals surface area contributed by atoms with E-state index < -0.39 is 0 Å². The molecule has 3 nitrogen and oxygen atoms in total. The van der Waals surface area contributed by atoms with Crippen LogP contribution in [-0.4, -0.2) is 14.2 Å². The summed E-state index contributed by atoms with van der Waals surface area (Å²) in [6.45, 7) is 1.92. The zero-order valence-electron chi connectivity index (χ0n) is 8.50. The SMILES string of the molecule is COc1cc([C@H](C)N)cc(Br)c1OC. The van der Waals surface area contributed by atoms with E-state index in [0.717, 1.165) is 10.0 Å². The molecule has 2 N–H and O–H groups in total. The fourth-order valence-corrected chi connectivity index (χ4v) is 1.82. The van der Waals surface area contributed by atoms with Gasteiger partial charge < -0.3 is 15.2 Å². The third-order valence-electron chi connectivity index (χ3n) is 1.98. The molecule has 1 aromatic rings. The highest BCUT2D eigenvalue weighted by Gasteiger charge is 2.11. The van der Waals surface area contributed by atoms with Crippen molar-refractivity contribution in [2.24, 2.45) is 5.73 Å². The Bertz CT molecular complexity index is 326. The van der Waals surface area contributed by atoms with E-state index in [1.54, 1.807) is 14.2 Å². The zero-order valence-corrected chi connectivity index (χ0v) is 10.1. The maximum absolute atomic E-state index is 5.78. The van der Waals surface area contributed by atoms with Crippen molar-refractivity contribution in [2.45, 2.75) is 13.0 Å². The molecule has 1 atom stereocenters. The van der Waals surface area contributed by atoms with E-state index in [1.807, 2.05) is 19.1 Å². The Kier molecular flexibility index (Phi) is 3.77. The van der Waals surface area contributed by atoms with Crippen molar-refractivity contribution in [3.05, 3.63) is 22.2 Å². The van der Waals surface area contributed by atoms with Crippen LogP contribution >= 0.6 is 15.9 Å². The van der Waals surface area contributed by atoms with E-state index in [2.05, 4.69) is 15.9 Å². The summed E-state index contributed by atoms with van der Waals surface area (Å²) in [6.07, 6.45) is 0. The largest absolute Gasteiger partial charge is 0.493 e. The van der Waals surface area contributed by atoms with Crippen molar-refractivity contribution in [1.29, 1.82) is 0 Å². The van der Waals surface area contributed by atoms with Crippen LogP contribution in [0.25, 0.3) is 0 Å². The van der Waals surface area contributed by atoms with E-state index in [-0.39, 0.29) is 6.04 Å². The maximum atomic E-state index is 5.78. The molecule has 14 heavy (non-hydrogen) atoms. The molecule has 0 spiro atoms. The summed E-state index contributed by atoms with van der Waals surface area (Å²) in [5.74, 6) is 1.38. The van der Waals surface area contributed by atoms with Gasteiger partial charge >= 0.3 is 0 Å². The van der Waals surface area contributed by atoms with Crippen molar-refractivity contribution >= 4 is 15.9 Å². The molecule has 0 aliphatic rings. The Balaban J connectivity index is 3.24. The Hall–Kier alpha value is -0.740. The van der Waals surface area contributed by atoms with Crippen LogP contribution in [-0.2, 0) is 0 Å². The lowest BCUT2D eigenvalue weighted by Gasteiger charge is -2.13. The molecule has 0 heterocycles. The molecular formula is C10H14BrNO2. The van der Waals surface area contributed by atoms with E-state index in [0.29, 0.717) is 11.5 Å². The molecule has 0 bridgehead atoms. The number of nitrogens with two attached hydrogens (primary N) is 1. The van der Waals surface area contributed by atoms with Crippen LogP contribution in [0.1, 0.15) is 18.5 Å². The van der Waals surface area contributed by atoms with Gasteiger partial charge in [0.15, 0.2) is 11.5 Å². The molecule has 0 amide bonds. The molecule has 78 valence electrons. The van der Waals surface area contributed by atoms with Crippen molar-refractivity contribution in [2.75, 3.05) is 14.2 Å². The van der Waals surface area contributed by atoms with Gasteiger partial charge in [0.2, 0.25) is 0 Å². The number of methoxy groups -OCH3 is 2. The fourth-order valence-electron chi connectivity index (χ4n) is 1.20. The first kappa shape index (κ1) is 11.3.